The minimum absolute atomic E-state index is 0. The average Bonchev–Trinajstić information content (AvgIpc) is 3.06. The van der Waals surface area contributed by atoms with Gasteiger partial charge in [0.25, 0.3) is 11.8 Å². The number of aryl methyl sites for hydroxylation is 6. The number of aromatic nitrogens is 2. The van der Waals surface area contributed by atoms with Crippen molar-refractivity contribution in [1.29, 1.82) is 0 Å². The van der Waals surface area contributed by atoms with E-state index in [1.54, 1.807) is 86.5 Å². The number of rotatable bonds is 8. The number of benzene rings is 2. The molecule has 0 saturated carbocycles. The largest absolute Gasteiger partial charge is 2.00 e. The van der Waals surface area contributed by atoms with E-state index in [4.69, 9.17) is 0 Å². The Bertz CT molecular complexity index is 1540. The van der Waals surface area contributed by atoms with Crippen LogP contribution in [0.25, 0.3) is 0 Å². The van der Waals surface area contributed by atoms with Crippen LogP contribution >= 0.6 is 0 Å². The molecule has 0 unspecified atom stereocenters. The van der Waals surface area contributed by atoms with Crippen LogP contribution in [-0.4, -0.2) is 69.7 Å². The van der Waals surface area contributed by atoms with Crippen molar-refractivity contribution in [1.82, 2.24) is 19.8 Å². The standard InChI is InChI=1S/2C10H14N2O.2C10H12O2.Co.2H2O/c2*1-3-12(4-2)10(13)9-6-5-7-11-8-9;2*1-6-4-7(2)9(10(11)12)8(3)5-6;;;/h2*5-8H,3-4H2,1-2H3;2*4-5H,1-3H3,(H,11,12);;2*1H2/q;;;;+2;;. The predicted molar refractivity (Wildman–Crippen MR) is 203 cm³/mol. The molecule has 4 aromatic rings. The predicted octanol–water partition coefficient (Wildman–Crippen LogP) is 3.23. The van der Waals surface area contributed by atoms with Gasteiger partial charge in [0.05, 0.1) is 23.1 Å². The molecule has 0 atom stereocenters. The number of carboxylic acid groups (broad SMARTS) is 2. The molecule has 0 aliphatic heterocycles. The van der Waals surface area contributed by atoms with Gasteiger partial charge in [-0.15, -0.1) is 0 Å². The third kappa shape index (κ3) is 17.0. The van der Waals surface area contributed by atoms with Crippen LogP contribution in [0.4, 0.5) is 0 Å². The van der Waals surface area contributed by atoms with E-state index in [0.717, 1.165) is 59.6 Å². The number of hydrogen-bond donors (Lipinski definition) is 0. The summed E-state index contributed by atoms with van der Waals surface area (Å²) in [5.41, 5.74) is 7.20. The van der Waals surface area contributed by atoms with E-state index < -0.39 is 11.9 Å². The first-order chi connectivity index (χ1) is 23.6. The molecule has 2 aromatic heterocycles. The first kappa shape index (κ1) is 52.4. The molecular weight excluding hydrogens is 723 g/mol. The number of carbonyl (C=O) groups is 4. The van der Waals surface area contributed by atoms with Crippen molar-refractivity contribution in [2.45, 2.75) is 69.2 Å². The molecule has 6 N–H and O–H groups in total. The second-order valence-electron chi connectivity index (χ2n) is 11.6. The molecule has 291 valence electrons. The number of pyridine rings is 2. The molecule has 0 saturated heterocycles. The van der Waals surface area contributed by atoms with Crippen molar-refractivity contribution in [2.24, 2.45) is 0 Å². The molecule has 0 spiro atoms. The third-order valence-corrected chi connectivity index (χ3v) is 7.68. The van der Waals surface area contributed by atoms with Crippen LogP contribution in [0, 0.1) is 41.5 Å². The number of aromatic carboxylic acids is 2. The van der Waals surface area contributed by atoms with Crippen molar-refractivity contribution in [3.63, 3.8) is 0 Å². The Kier molecular flexibility index (Phi) is 26.5. The minimum Gasteiger partial charge on any atom is -0.545 e. The zero-order valence-electron chi connectivity index (χ0n) is 32.5. The zero-order chi connectivity index (χ0) is 38.0. The summed E-state index contributed by atoms with van der Waals surface area (Å²) in [7, 11) is 0. The summed E-state index contributed by atoms with van der Waals surface area (Å²) < 4.78 is 0. The molecule has 13 heteroatoms. The van der Waals surface area contributed by atoms with Gasteiger partial charge in [0, 0.05) is 62.1 Å². The molecule has 2 heterocycles. The first-order valence-electron chi connectivity index (χ1n) is 16.6. The van der Waals surface area contributed by atoms with Crippen LogP contribution in [0.2, 0.25) is 0 Å². The van der Waals surface area contributed by atoms with E-state index in [1.165, 1.54) is 0 Å². The summed E-state index contributed by atoms with van der Waals surface area (Å²) in [4.78, 5) is 56.0. The molecule has 1 radical (unpaired) electrons. The van der Waals surface area contributed by atoms with Gasteiger partial charge < -0.3 is 40.6 Å². The molecule has 12 nitrogen and oxygen atoms in total. The molecule has 0 bridgehead atoms. The van der Waals surface area contributed by atoms with Crippen molar-refractivity contribution in [3.05, 3.63) is 129 Å². The minimum atomic E-state index is -1.09. The topological polar surface area (TPSA) is 213 Å². The fourth-order valence-corrected chi connectivity index (χ4v) is 5.37. The van der Waals surface area contributed by atoms with E-state index in [9.17, 15) is 29.4 Å². The summed E-state index contributed by atoms with van der Waals surface area (Å²) in [6, 6.07) is 14.5. The monoisotopic (exact) mass is 779 g/mol. The maximum absolute atomic E-state index is 11.7. The number of carbonyl (C=O) groups excluding carboxylic acids is 4. The van der Waals surface area contributed by atoms with Crippen LogP contribution in [0.3, 0.4) is 0 Å². The van der Waals surface area contributed by atoms with Crippen molar-refractivity contribution in [3.8, 4) is 0 Å². The van der Waals surface area contributed by atoms with Gasteiger partial charge >= 0.3 is 16.8 Å². The van der Waals surface area contributed by atoms with Crippen LogP contribution in [0.1, 0.15) is 103 Å². The van der Waals surface area contributed by atoms with E-state index in [1.807, 2.05) is 65.8 Å². The normalized spacial score (nSPS) is 9.25. The number of amides is 2. The maximum atomic E-state index is 11.7. The molecule has 0 fully saturated rings. The van der Waals surface area contributed by atoms with E-state index in [-0.39, 0.29) is 39.5 Å². The Morgan fingerprint density at radius 2 is 0.811 bits per heavy atom. The number of nitrogens with zero attached hydrogens (tertiary/aromatic N) is 4. The summed E-state index contributed by atoms with van der Waals surface area (Å²) in [5.74, 6) is -2.08. The van der Waals surface area contributed by atoms with Crippen LogP contribution in [0.15, 0.2) is 73.3 Å². The Morgan fingerprint density at radius 3 is 1.00 bits per heavy atom. The Morgan fingerprint density at radius 1 is 0.547 bits per heavy atom. The fraction of sp³-hybridized carbons (Fsp3) is 0.350. The molecule has 4 rings (SSSR count). The third-order valence-electron chi connectivity index (χ3n) is 7.68. The van der Waals surface area contributed by atoms with Gasteiger partial charge in [-0.2, -0.15) is 0 Å². The summed E-state index contributed by atoms with van der Waals surface area (Å²) >= 11 is 0. The molecule has 0 aliphatic carbocycles. The van der Waals surface area contributed by atoms with Crippen molar-refractivity contribution in [2.75, 3.05) is 26.2 Å². The molecule has 2 aromatic carbocycles. The summed E-state index contributed by atoms with van der Waals surface area (Å²) in [6.07, 6.45) is 6.53. The zero-order valence-corrected chi connectivity index (χ0v) is 33.5. The van der Waals surface area contributed by atoms with E-state index >= 15 is 0 Å². The Labute approximate surface area is 324 Å². The second-order valence-corrected chi connectivity index (χ2v) is 11.6. The second kappa shape index (κ2) is 26.8. The molecular formula is C40H56CoN4O8+2. The maximum Gasteiger partial charge on any atom is 2.00 e. The molecule has 2 amide bonds. The van der Waals surface area contributed by atoms with Gasteiger partial charge in [-0.3, -0.25) is 19.6 Å². The van der Waals surface area contributed by atoms with Gasteiger partial charge in [0.15, 0.2) is 0 Å². The van der Waals surface area contributed by atoms with Crippen LogP contribution < -0.4 is 10.2 Å². The van der Waals surface area contributed by atoms with E-state index in [0.29, 0.717) is 22.3 Å². The van der Waals surface area contributed by atoms with Gasteiger partial charge in [-0.05, 0) is 116 Å². The van der Waals surface area contributed by atoms with Gasteiger partial charge in [-0.1, -0.05) is 35.4 Å². The quantitative estimate of drug-likeness (QED) is 0.242. The van der Waals surface area contributed by atoms with Crippen molar-refractivity contribution < 1.29 is 57.1 Å². The van der Waals surface area contributed by atoms with Gasteiger partial charge in [-0.25, -0.2) is 0 Å². The Hall–Kier alpha value is -4.95. The Balaban J connectivity index is -0.000000618. The molecule has 0 aliphatic rings. The summed E-state index contributed by atoms with van der Waals surface area (Å²) in [6.45, 7) is 21.9. The number of hydrogen-bond acceptors (Lipinski definition) is 8. The number of carboxylic acids is 2. The van der Waals surface area contributed by atoms with Crippen molar-refractivity contribution >= 4 is 23.8 Å². The smallest absolute Gasteiger partial charge is 0.545 e. The van der Waals surface area contributed by atoms with Gasteiger partial charge in [0.1, 0.15) is 0 Å². The SMILES string of the molecule is CCN(CC)C(=O)c1cccnc1.CCN(CC)C(=O)c1cccnc1.Cc1cc(C)c(C(=O)[O-])c(C)c1.Cc1cc(C)c(C(=O)[O-])c(C)c1.[Co+2].[OH3+].[OH3+]. The first-order valence-corrected chi connectivity index (χ1v) is 16.6. The van der Waals surface area contributed by atoms with E-state index in [2.05, 4.69) is 9.97 Å². The van der Waals surface area contributed by atoms with Crippen LogP contribution in [0.5, 0.6) is 0 Å². The van der Waals surface area contributed by atoms with Gasteiger partial charge in [0.2, 0.25) is 0 Å². The van der Waals surface area contributed by atoms with Crippen LogP contribution in [-0.2, 0) is 27.7 Å². The summed E-state index contributed by atoms with van der Waals surface area (Å²) in [5, 5.41) is 21.3. The average molecular weight is 780 g/mol. The fourth-order valence-electron chi connectivity index (χ4n) is 5.37. The molecule has 53 heavy (non-hydrogen) atoms.